The Labute approximate surface area is 124 Å². The number of halogens is 1. The van der Waals surface area contributed by atoms with Crippen molar-refractivity contribution in [1.29, 1.82) is 0 Å². The molecule has 1 aliphatic rings. The highest BCUT2D eigenvalue weighted by Crippen LogP contribution is 2.21. The van der Waals surface area contributed by atoms with E-state index in [1.807, 2.05) is 0 Å². The summed E-state index contributed by atoms with van der Waals surface area (Å²) in [4.78, 5) is 11.8. The molecule has 1 aromatic carbocycles. The summed E-state index contributed by atoms with van der Waals surface area (Å²) in [5.41, 5.74) is 0.567. The highest BCUT2D eigenvalue weighted by molar-refractivity contribution is 6.31. The standard InChI is InChI=1S/C16H18ClNO2/c1-2-12-10-14(8-9-15(12)17)20-11-16(19)18-13-6-4-3-5-7-13/h1,8-10,13H,3-7,11H2,(H,18,19). The van der Waals surface area contributed by atoms with Crippen LogP contribution in [0.1, 0.15) is 37.7 Å². The second-order valence-electron chi connectivity index (χ2n) is 4.98. The summed E-state index contributed by atoms with van der Waals surface area (Å²) >= 11 is 5.91. The lowest BCUT2D eigenvalue weighted by Gasteiger charge is -2.22. The summed E-state index contributed by atoms with van der Waals surface area (Å²) in [6.45, 7) is 0.00213. The normalized spacial score (nSPS) is 15.4. The molecule has 0 aliphatic heterocycles. The molecule has 0 atom stereocenters. The molecule has 0 unspecified atom stereocenters. The second kappa shape index (κ2) is 7.21. The maximum Gasteiger partial charge on any atom is 0.258 e. The zero-order valence-electron chi connectivity index (χ0n) is 11.3. The van der Waals surface area contributed by atoms with Gasteiger partial charge in [0.2, 0.25) is 0 Å². The van der Waals surface area contributed by atoms with Gasteiger partial charge in [0.05, 0.1) is 5.02 Å². The zero-order chi connectivity index (χ0) is 14.4. The molecule has 2 rings (SSSR count). The summed E-state index contributed by atoms with van der Waals surface area (Å²) in [5.74, 6) is 2.94. The maximum absolute atomic E-state index is 11.8. The van der Waals surface area contributed by atoms with Crippen molar-refractivity contribution in [1.82, 2.24) is 5.32 Å². The minimum absolute atomic E-state index is 0.00213. The number of hydrogen-bond donors (Lipinski definition) is 1. The van der Waals surface area contributed by atoms with Gasteiger partial charge >= 0.3 is 0 Å². The van der Waals surface area contributed by atoms with E-state index in [1.54, 1.807) is 18.2 Å². The molecule has 0 saturated heterocycles. The van der Waals surface area contributed by atoms with Crippen molar-refractivity contribution in [3.05, 3.63) is 28.8 Å². The van der Waals surface area contributed by atoms with Gasteiger partial charge in [-0.05, 0) is 31.0 Å². The highest BCUT2D eigenvalue weighted by Gasteiger charge is 2.15. The van der Waals surface area contributed by atoms with Crippen molar-refractivity contribution < 1.29 is 9.53 Å². The first-order valence-corrected chi connectivity index (χ1v) is 7.25. The minimum Gasteiger partial charge on any atom is -0.484 e. The molecule has 4 heteroatoms. The van der Waals surface area contributed by atoms with E-state index in [-0.39, 0.29) is 12.5 Å². The van der Waals surface area contributed by atoms with E-state index in [4.69, 9.17) is 22.8 Å². The van der Waals surface area contributed by atoms with E-state index in [9.17, 15) is 4.79 Å². The summed E-state index contributed by atoms with van der Waals surface area (Å²) in [6.07, 6.45) is 11.1. The summed E-state index contributed by atoms with van der Waals surface area (Å²) < 4.78 is 5.44. The number of amides is 1. The smallest absolute Gasteiger partial charge is 0.258 e. The highest BCUT2D eigenvalue weighted by atomic mass is 35.5. The average molecular weight is 292 g/mol. The first-order valence-electron chi connectivity index (χ1n) is 6.87. The monoisotopic (exact) mass is 291 g/mol. The molecule has 106 valence electrons. The SMILES string of the molecule is C#Cc1cc(OCC(=O)NC2CCCCC2)ccc1Cl. The fraction of sp³-hybridized carbons (Fsp3) is 0.438. The van der Waals surface area contributed by atoms with E-state index >= 15 is 0 Å². The number of ether oxygens (including phenoxy) is 1. The second-order valence-corrected chi connectivity index (χ2v) is 5.38. The van der Waals surface area contributed by atoms with E-state index in [1.165, 1.54) is 19.3 Å². The van der Waals surface area contributed by atoms with Crippen molar-refractivity contribution in [3.63, 3.8) is 0 Å². The van der Waals surface area contributed by atoms with Crippen molar-refractivity contribution in [3.8, 4) is 18.1 Å². The number of benzene rings is 1. The number of rotatable bonds is 4. The van der Waals surface area contributed by atoms with Gasteiger partial charge in [-0.15, -0.1) is 6.42 Å². The fourth-order valence-corrected chi connectivity index (χ4v) is 2.54. The van der Waals surface area contributed by atoms with E-state index in [0.29, 0.717) is 22.4 Å². The predicted octanol–water partition coefficient (Wildman–Crippen LogP) is 3.15. The lowest BCUT2D eigenvalue weighted by molar-refractivity contribution is -0.124. The molecule has 1 N–H and O–H groups in total. The van der Waals surface area contributed by atoms with Crippen LogP contribution in [0.4, 0.5) is 0 Å². The molecule has 0 spiro atoms. The van der Waals surface area contributed by atoms with Gasteiger partial charge in [-0.2, -0.15) is 0 Å². The third kappa shape index (κ3) is 4.18. The van der Waals surface area contributed by atoms with Crippen LogP contribution in [0, 0.1) is 12.3 Å². The van der Waals surface area contributed by atoms with Gasteiger partial charge in [-0.1, -0.05) is 36.8 Å². The number of hydrogen-bond acceptors (Lipinski definition) is 2. The topological polar surface area (TPSA) is 38.3 Å². The Kier molecular flexibility index (Phi) is 5.31. The van der Waals surface area contributed by atoms with Gasteiger partial charge < -0.3 is 10.1 Å². The largest absolute Gasteiger partial charge is 0.484 e. The van der Waals surface area contributed by atoms with Crippen LogP contribution in [-0.4, -0.2) is 18.6 Å². The number of nitrogens with one attached hydrogen (secondary N) is 1. The van der Waals surface area contributed by atoms with Gasteiger partial charge in [0, 0.05) is 11.6 Å². The van der Waals surface area contributed by atoms with Gasteiger partial charge in [-0.25, -0.2) is 0 Å². The molecule has 0 heterocycles. The molecule has 3 nitrogen and oxygen atoms in total. The van der Waals surface area contributed by atoms with E-state index in [0.717, 1.165) is 12.8 Å². The number of carbonyl (C=O) groups is 1. The molecule has 20 heavy (non-hydrogen) atoms. The molecular weight excluding hydrogens is 274 g/mol. The third-order valence-electron chi connectivity index (χ3n) is 3.43. The van der Waals surface area contributed by atoms with Gasteiger partial charge in [0.15, 0.2) is 6.61 Å². The van der Waals surface area contributed by atoms with Crippen molar-refractivity contribution in [2.45, 2.75) is 38.1 Å². The average Bonchev–Trinajstić information content (AvgIpc) is 2.47. The molecular formula is C16H18ClNO2. The van der Waals surface area contributed by atoms with Crippen LogP contribution in [-0.2, 0) is 4.79 Å². The minimum atomic E-state index is -0.0888. The van der Waals surface area contributed by atoms with Crippen LogP contribution in [0.25, 0.3) is 0 Å². The Morgan fingerprint density at radius 1 is 1.40 bits per heavy atom. The maximum atomic E-state index is 11.8. The van der Waals surface area contributed by atoms with Crippen LogP contribution in [0.5, 0.6) is 5.75 Å². The van der Waals surface area contributed by atoms with Crippen LogP contribution >= 0.6 is 11.6 Å². The first-order chi connectivity index (χ1) is 9.69. The van der Waals surface area contributed by atoms with E-state index < -0.39 is 0 Å². The van der Waals surface area contributed by atoms with Crippen LogP contribution in [0.15, 0.2) is 18.2 Å². The van der Waals surface area contributed by atoms with Crippen molar-refractivity contribution >= 4 is 17.5 Å². The van der Waals surface area contributed by atoms with E-state index in [2.05, 4.69) is 11.2 Å². The zero-order valence-corrected chi connectivity index (χ0v) is 12.1. The molecule has 1 saturated carbocycles. The van der Waals surface area contributed by atoms with Gasteiger partial charge in [0.25, 0.3) is 5.91 Å². The molecule has 0 aromatic heterocycles. The molecule has 0 radical (unpaired) electrons. The van der Waals surface area contributed by atoms with Crippen LogP contribution in [0.2, 0.25) is 5.02 Å². The molecule has 1 amide bonds. The third-order valence-corrected chi connectivity index (χ3v) is 3.76. The number of carbonyl (C=O) groups excluding carboxylic acids is 1. The van der Waals surface area contributed by atoms with Gasteiger partial charge in [-0.3, -0.25) is 4.79 Å². The predicted molar refractivity (Wildman–Crippen MR) is 79.9 cm³/mol. The molecule has 0 bridgehead atoms. The Balaban J connectivity index is 1.82. The Hall–Kier alpha value is -1.66. The van der Waals surface area contributed by atoms with Crippen LogP contribution < -0.4 is 10.1 Å². The van der Waals surface area contributed by atoms with Crippen molar-refractivity contribution in [2.75, 3.05) is 6.61 Å². The molecule has 1 fully saturated rings. The Morgan fingerprint density at radius 2 is 2.15 bits per heavy atom. The molecule has 1 aliphatic carbocycles. The lowest BCUT2D eigenvalue weighted by atomic mass is 9.95. The van der Waals surface area contributed by atoms with Crippen LogP contribution in [0.3, 0.4) is 0 Å². The van der Waals surface area contributed by atoms with Gasteiger partial charge in [0.1, 0.15) is 5.75 Å². The quantitative estimate of drug-likeness (QED) is 0.866. The summed E-state index contributed by atoms with van der Waals surface area (Å²) in [6, 6.07) is 5.34. The fourth-order valence-electron chi connectivity index (χ4n) is 2.37. The molecule has 1 aromatic rings. The number of terminal acetylenes is 1. The summed E-state index contributed by atoms with van der Waals surface area (Å²) in [7, 11) is 0. The Morgan fingerprint density at radius 3 is 2.85 bits per heavy atom. The lowest BCUT2D eigenvalue weighted by Crippen LogP contribution is -2.38. The Bertz CT molecular complexity index is 516. The summed E-state index contributed by atoms with van der Waals surface area (Å²) in [5, 5.41) is 3.50. The van der Waals surface area contributed by atoms with Crippen molar-refractivity contribution in [2.24, 2.45) is 0 Å². The first kappa shape index (κ1) is 14.7.